The SMILES string of the molecule is Cc1ccc(-c2ccc(NC(C#N)=C(C#N)C#N)c(C(=O)O)c2)cc1. The van der Waals surface area contributed by atoms with E-state index in [1.165, 1.54) is 12.1 Å². The van der Waals surface area contributed by atoms with Crippen molar-refractivity contribution in [2.45, 2.75) is 6.92 Å². The lowest BCUT2D eigenvalue weighted by Gasteiger charge is -2.11. The molecule has 0 saturated carbocycles. The van der Waals surface area contributed by atoms with Gasteiger partial charge in [-0.15, -0.1) is 0 Å². The fourth-order valence-corrected chi connectivity index (χ4v) is 2.17. The zero-order valence-corrected chi connectivity index (χ0v) is 13.2. The number of nitrogens with one attached hydrogen (secondary N) is 1. The molecule has 0 unspecified atom stereocenters. The minimum Gasteiger partial charge on any atom is -0.478 e. The highest BCUT2D eigenvalue weighted by Crippen LogP contribution is 2.27. The topological polar surface area (TPSA) is 121 Å². The lowest BCUT2D eigenvalue weighted by atomic mass is 10.0. The Labute approximate surface area is 144 Å². The summed E-state index contributed by atoms with van der Waals surface area (Å²) in [5.74, 6) is -1.19. The summed E-state index contributed by atoms with van der Waals surface area (Å²) < 4.78 is 0. The number of nitrogens with zero attached hydrogens (tertiary/aromatic N) is 3. The van der Waals surface area contributed by atoms with E-state index < -0.39 is 11.5 Å². The van der Waals surface area contributed by atoms with Crippen molar-refractivity contribution in [2.24, 2.45) is 0 Å². The van der Waals surface area contributed by atoms with E-state index in [9.17, 15) is 9.90 Å². The van der Waals surface area contributed by atoms with Crippen LogP contribution in [-0.4, -0.2) is 11.1 Å². The number of carboxylic acid groups (broad SMARTS) is 1. The van der Waals surface area contributed by atoms with E-state index in [1.54, 1.807) is 24.3 Å². The Morgan fingerprint density at radius 1 is 0.960 bits per heavy atom. The van der Waals surface area contributed by atoms with Crippen LogP contribution in [0.5, 0.6) is 0 Å². The van der Waals surface area contributed by atoms with E-state index in [-0.39, 0.29) is 16.9 Å². The summed E-state index contributed by atoms with van der Waals surface area (Å²) >= 11 is 0. The summed E-state index contributed by atoms with van der Waals surface area (Å²) in [6, 6.07) is 17.2. The second kappa shape index (κ2) is 7.46. The molecule has 25 heavy (non-hydrogen) atoms. The van der Waals surface area contributed by atoms with E-state index in [0.717, 1.165) is 11.1 Å². The van der Waals surface area contributed by atoms with Gasteiger partial charge in [-0.2, -0.15) is 15.8 Å². The van der Waals surface area contributed by atoms with Gasteiger partial charge < -0.3 is 10.4 Å². The number of hydrogen-bond donors (Lipinski definition) is 2. The molecular weight excluding hydrogens is 316 g/mol. The maximum absolute atomic E-state index is 11.6. The molecule has 0 amide bonds. The third-order valence-corrected chi connectivity index (χ3v) is 3.48. The number of carboxylic acids is 1. The molecule has 0 aromatic heterocycles. The summed E-state index contributed by atoms with van der Waals surface area (Å²) in [5.41, 5.74) is 1.99. The first-order chi connectivity index (χ1) is 12.0. The van der Waals surface area contributed by atoms with Crippen LogP contribution in [0.15, 0.2) is 53.7 Å². The fourth-order valence-electron chi connectivity index (χ4n) is 2.17. The first-order valence-electron chi connectivity index (χ1n) is 7.16. The number of aryl methyl sites for hydroxylation is 1. The van der Waals surface area contributed by atoms with Gasteiger partial charge in [-0.1, -0.05) is 35.9 Å². The lowest BCUT2D eigenvalue weighted by Crippen LogP contribution is -2.07. The molecule has 6 nitrogen and oxygen atoms in total. The van der Waals surface area contributed by atoms with E-state index in [1.807, 2.05) is 31.2 Å². The summed E-state index contributed by atoms with van der Waals surface area (Å²) in [6.07, 6.45) is 0. The molecule has 0 heterocycles. The van der Waals surface area contributed by atoms with Crippen LogP contribution in [0.2, 0.25) is 0 Å². The number of carbonyl (C=O) groups is 1. The minimum atomic E-state index is -1.19. The van der Waals surface area contributed by atoms with Crippen LogP contribution < -0.4 is 5.32 Å². The Morgan fingerprint density at radius 2 is 1.56 bits per heavy atom. The van der Waals surface area contributed by atoms with Crippen molar-refractivity contribution in [3.63, 3.8) is 0 Å². The second-order valence-electron chi connectivity index (χ2n) is 5.14. The molecule has 0 atom stereocenters. The fraction of sp³-hybridized carbons (Fsp3) is 0.0526. The summed E-state index contributed by atoms with van der Waals surface area (Å²) in [4.78, 5) is 11.6. The third kappa shape index (κ3) is 3.82. The van der Waals surface area contributed by atoms with Crippen LogP contribution in [0.4, 0.5) is 5.69 Å². The zero-order valence-electron chi connectivity index (χ0n) is 13.2. The highest BCUT2D eigenvalue weighted by molar-refractivity contribution is 5.96. The van der Waals surface area contributed by atoms with Gasteiger partial charge in [0.2, 0.25) is 0 Å². The molecule has 0 aliphatic heterocycles. The molecule has 0 radical (unpaired) electrons. The van der Waals surface area contributed by atoms with Crippen molar-refractivity contribution in [3.8, 4) is 29.3 Å². The van der Waals surface area contributed by atoms with Gasteiger partial charge in [0.15, 0.2) is 5.57 Å². The van der Waals surface area contributed by atoms with E-state index in [2.05, 4.69) is 5.32 Å². The van der Waals surface area contributed by atoms with Crippen molar-refractivity contribution < 1.29 is 9.90 Å². The number of allylic oxidation sites excluding steroid dienone is 2. The highest BCUT2D eigenvalue weighted by Gasteiger charge is 2.15. The first kappa shape index (κ1) is 17.3. The average molecular weight is 328 g/mol. The van der Waals surface area contributed by atoms with Gasteiger partial charge in [0, 0.05) is 0 Å². The predicted octanol–water partition coefficient (Wildman–Crippen LogP) is 3.60. The molecule has 0 fully saturated rings. The third-order valence-electron chi connectivity index (χ3n) is 3.48. The average Bonchev–Trinajstić information content (AvgIpc) is 2.62. The molecule has 2 rings (SSSR count). The van der Waals surface area contributed by atoms with Crippen LogP contribution >= 0.6 is 0 Å². The maximum atomic E-state index is 11.6. The molecule has 6 heteroatoms. The standard InChI is InChI=1S/C19H12N4O2/c1-12-2-4-13(5-3-12)14-6-7-17(16(8-14)19(24)25)23-18(11-22)15(9-20)10-21/h2-8,23H,1H3,(H,24,25). The Balaban J connectivity index is 2.51. The number of aromatic carboxylic acids is 1. The Hall–Kier alpha value is -4.08. The molecule has 2 aromatic rings. The number of nitriles is 3. The normalized spacial score (nSPS) is 9.20. The maximum Gasteiger partial charge on any atom is 0.337 e. The molecule has 2 aromatic carbocycles. The molecule has 0 saturated heterocycles. The summed E-state index contributed by atoms with van der Waals surface area (Å²) in [5, 5.41) is 38.8. The monoisotopic (exact) mass is 328 g/mol. The van der Waals surface area contributed by atoms with Gasteiger partial charge in [-0.05, 0) is 30.2 Å². The summed E-state index contributed by atoms with van der Waals surface area (Å²) in [7, 11) is 0. The van der Waals surface area contributed by atoms with Gasteiger partial charge >= 0.3 is 5.97 Å². The van der Waals surface area contributed by atoms with Crippen LogP contribution in [0.3, 0.4) is 0 Å². The number of anilines is 1. The van der Waals surface area contributed by atoms with Gasteiger partial charge in [-0.25, -0.2) is 4.79 Å². The van der Waals surface area contributed by atoms with E-state index in [4.69, 9.17) is 15.8 Å². The molecule has 120 valence electrons. The molecular formula is C19H12N4O2. The zero-order chi connectivity index (χ0) is 18.4. The van der Waals surface area contributed by atoms with Crippen molar-refractivity contribution in [2.75, 3.05) is 5.32 Å². The minimum absolute atomic E-state index is 0.0685. The summed E-state index contributed by atoms with van der Waals surface area (Å²) in [6.45, 7) is 1.96. The van der Waals surface area contributed by atoms with Crippen molar-refractivity contribution in [1.82, 2.24) is 0 Å². The lowest BCUT2D eigenvalue weighted by molar-refractivity contribution is 0.0698. The quantitative estimate of drug-likeness (QED) is 0.827. The van der Waals surface area contributed by atoms with Gasteiger partial charge in [0.25, 0.3) is 0 Å². The second-order valence-corrected chi connectivity index (χ2v) is 5.14. The van der Waals surface area contributed by atoms with Crippen molar-refractivity contribution in [3.05, 3.63) is 64.9 Å². The van der Waals surface area contributed by atoms with Crippen LogP contribution in [0, 0.1) is 40.9 Å². The highest BCUT2D eigenvalue weighted by atomic mass is 16.4. The van der Waals surface area contributed by atoms with Crippen LogP contribution in [0.25, 0.3) is 11.1 Å². The molecule has 0 aliphatic carbocycles. The molecule has 0 spiro atoms. The molecule has 0 bridgehead atoms. The number of hydrogen-bond acceptors (Lipinski definition) is 5. The van der Waals surface area contributed by atoms with E-state index in [0.29, 0.717) is 5.56 Å². The molecule has 0 aliphatic rings. The van der Waals surface area contributed by atoms with Crippen molar-refractivity contribution >= 4 is 11.7 Å². The van der Waals surface area contributed by atoms with Crippen LogP contribution in [0.1, 0.15) is 15.9 Å². The molecule has 2 N–H and O–H groups in total. The smallest absolute Gasteiger partial charge is 0.337 e. The Kier molecular flexibility index (Phi) is 5.15. The van der Waals surface area contributed by atoms with Crippen LogP contribution in [-0.2, 0) is 0 Å². The Bertz CT molecular complexity index is 968. The van der Waals surface area contributed by atoms with Crippen molar-refractivity contribution in [1.29, 1.82) is 15.8 Å². The van der Waals surface area contributed by atoms with E-state index >= 15 is 0 Å². The largest absolute Gasteiger partial charge is 0.478 e. The first-order valence-corrected chi connectivity index (χ1v) is 7.16. The number of benzene rings is 2. The predicted molar refractivity (Wildman–Crippen MR) is 91.1 cm³/mol. The van der Waals surface area contributed by atoms with Gasteiger partial charge in [0.05, 0.1) is 11.3 Å². The van der Waals surface area contributed by atoms with Gasteiger partial charge in [-0.3, -0.25) is 0 Å². The number of rotatable bonds is 4. The van der Waals surface area contributed by atoms with Gasteiger partial charge in [0.1, 0.15) is 23.9 Å². The Morgan fingerprint density at radius 3 is 2.08 bits per heavy atom.